The second-order valence-corrected chi connectivity index (χ2v) is 5.90. The first-order valence-electron chi connectivity index (χ1n) is 7.50. The highest BCUT2D eigenvalue weighted by molar-refractivity contribution is 6.31. The van der Waals surface area contributed by atoms with Crippen LogP contribution in [0.2, 0.25) is 5.02 Å². The number of hydrogen-bond acceptors (Lipinski definition) is 2. The van der Waals surface area contributed by atoms with Crippen LogP contribution in [-0.4, -0.2) is 13.1 Å². The number of ether oxygens (including phenoxy) is 1. The summed E-state index contributed by atoms with van der Waals surface area (Å²) in [6.07, 6.45) is 2.53. The average Bonchev–Trinajstić information content (AvgIpc) is 2.55. The van der Waals surface area contributed by atoms with Gasteiger partial charge in [-0.2, -0.15) is 0 Å². The largest absolute Gasteiger partial charge is 0.489 e. The number of halogens is 1. The van der Waals surface area contributed by atoms with Gasteiger partial charge in [-0.05, 0) is 49.1 Å². The van der Waals surface area contributed by atoms with E-state index in [2.05, 4.69) is 29.6 Å². The molecule has 0 bridgehead atoms. The van der Waals surface area contributed by atoms with Gasteiger partial charge in [0.25, 0.3) is 0 Å². The van der Waals surface area contributed by atoms with Gasteiger partial charge in [-0.15, -0.1) is 0 Å². The second kappa shape index (κ2) is 6.97. The second-order valence-electron chi connectivity index (χ2n) is 5.49. The van der Waals surface area contributed by atoms with E-state index in [1.54, 1.807) is 0 Å². The molecule has 110 valence electrons. The number of nitrogens with one attached hydrogen (secondary N) is 1. The molecule has 3 heteroatoms. The van der Waals surface area contributed by atoms with Gasteiger partial charge < -0.3 is 10.1 Å². The van der Waals surface area contributed by atoms with Gasteiger partial charge in [0, 0.05) is 17.1 Å². The lowest BCUT2D eigenvalue weighted by molar-refractivity contribution is 0.306. The summed E-state index contributed by atoms with van der Waals surface area (Å²) >= 11 is 6.13. The maximum absolute atomic E-state index is 6.13. The van der Waals surface area contributed by atoms with Gasteiger partial charge in [-0.3, -0.25) is 0 Å². The van der Waals surface area contributed by atoms with Gasteiger partial charge >= 0.3 is 0 Å². The van der Waals surface area contributed by atoms with Crippen LogP contribution in [0.5, 0.6) is 5.75 Å². The quantitative estimate of drug-likeness (QED) is 0.904. The van der Waals surface area contributed by atoms with Crippen LogP contribution < -0.4 is 10.1 Å². The van der Waals surface area contributed by atoms with Crippen molar-refractivity contribution >= 4 is 11.6 Å². The Morgan fingerprint density at radius 2 is 1.90 bits per heavy atom. The van der Waals surface area contributed by atoms with Gasteiger partial charge in [-0.25, -0.2) is 0 Å². The normalized spacial score (nSPS) is 18.4. The Morgan fingerprint density at radius 1 is 1.10 bits per heavy atom. The van der Waals surface area contributed by atoms with Crippen molar-refractivity contribution < 1.29 is 4.74 Å². The van der Waals surface area contributed by atoms with Crippen LogP contribution in [0.4, 0.5) is 0 Å². The van der Waals surface area contributed by atoms with Gasteiger partial charge in [0.15, 0.2) is 0 Å². The minimum absolute atomic E-state index is 0.504. The monoisotopic (exact) mass is 301 g/mol. The van der Waals surface area contributed by atoms with Crippen molar-refractivity contribution in [2.75, 3.05) is 13.1 Å². The molecule has 2 nitrogen and oxygen atoms in total. The predicted octanol–water partition coefficient (Wildman–Crippen LogP) is 4.39. The molecule has 1 unspecified atom stereocenters. The molecule has 2 aromatic carbocycles. The fraction of sp³-hybridized carbons (Fsp3) is 0.333. The molecule has 3 rings (SSSR count). The molecular formula is C18H20ClNO. The molecule has 1 N–H and O–H groups in total. The number of piperidine rings is 1. The molecule has 0 saturated carbocycles. The van der Waals surface area contributed by atoms with Crippen molar-refractivity contribution in [3.63, 3.8) is 0 Å². The Morgan fingerprint density at radius 3 is 2.62 bits per heavy atom. The molecule has 1 fully saturated rings. The summed E-state index contributed by atoms with van der Waals surface area (Å²) in [7, 11) is 0. The van der Waals surface area contributed by atoms with E-state index in [1.807, 2.05) is 24.3 Å². The molecule has 0 radical (unpaired) electrons. The fourth-order valence-corrected chi connectivity index (χ4v) is 2.94. The molecule has 0 spiro atoms. The van der Waals surface area contributed by atoms with Crippen molar-refractivity contribution in [1.82, 2.24) is 5.32 Å². The minimum Gasteiger partial charge on any atom is -0.489 e. The van der Waals surface area contributed by atoms with Crippen LogP contribution in [-0.2, 0) is 6.61 Å². The van der Waals surface area contributed by atoms with Crippen molar-refractivity contribution in [2.24, 2.45) is 0 Å². The summed E-state index contributed by atoms with van der Waals surface area (Å²) < 4.78 is 5.82. The lowest BCUT2D eigenvalue weighted by Gasteiger charge is -2.23. The molecule has 1 aliphatic rings. The van der Waals surface area contributed by atoms with Crippen LogP contribution in [0.3, 0.4) is 0 Å². The van der Waals surface area contributed by atoms with Crippen molar-refractivity contribution in [3.8, 4) is 5.75 Å². The zero-order valence-electron chi connectivity index (χ0n) is 12.0. The molecule has 21 heavy (non-hydrogen) atoms. The third kappa shape index (κ3) is 3.78. The van der Waals surface area contributed by atoms with Crippen LogP contribution in [0.1, 0.15) is 29.9 Å². The zero-order chi connectivity index (χ0) is 14.5. The number of rotatable bonds is 4. The van der Waals surface area contributed by atoms with E-state index in [4.69, 9.17) is 16.3 Å². The third-order valence-electron chi connectivity index (χ3n) is 4.00. The summed E-state index contributed by atoms with van der Waals surface area (Å²) in [5, 5.41) is 4.21. The number of benzene rings is 2. The molecule has 1 atom stereocenters. The Hall–Kier alpha value is -1.51. The van der Waals surface area contributed by atoms with E-state index in [0.717, 1.165) is 29.4 Å². The van der Waals surface area contributed by atoms with E-state index < -0.39 is 0 Å². The first-order valence-corrected chi connectivity index (χ1v) is 7.87. The maximum atomic E-state index is 6.13. The van der Waals surface area contributed by atoms with Gasteiger partial charge in [0.1, 0.15) is 12.4 Å². The maximum Gasteiger partial charge on any atom is 0.119 e. The summed E-state index contributed by atoms with van der Waals surface area (Å²) in [5.74, 6) is 1.53. The standard InChI is InChI=1S/C18H20ClNO/c19-18-6-2-1-4-16(18)13-21-17-9-7-14(8-10-17)15-5-3-11-20-12-15/h1-2,4,6-10,15,20H,3,5,11-13H2. The first-order chi connectivity index (χ1) is 10.3. The van der Waals surface area contributed by atoms with Gasteiger partial charge in [-0.1, -0.05) is 41.9 Å². The van der Waals surface area contributed by atoms with Crippen molar-refractivity contribution in [3.05, 3.63) is 64.7 Å². The summed E-state index contributed by atoms with van der Waals surface area (Å²) in [6.45, 7) is 2.74. The lowest BCUT2D eigenvalue weighted by atomic mass is 9.92. The highest BCUT2D eigenvalue weighted by atomic mass is 35.5. The zero-order valence-corrected chi connectivity index (χ0v) is 12.8. The topological polar surface area (TPSA) is 21.3 Å². The van der Waals surface area contributed by atoms with E-state index in [1.165, 1.54) is 18.4 Å². The summed E-state index contributed by atoms with van der Waals surface area (Å²) in [4.78, 5) is 0. The van der Waals surface area contributed by atoms with Crippen LogP contribution >= 0.6 is 11.6 Å². The van der Waals surface area contributed by atoms with Crippen molar-refractivity contribution in [2.45, 2.75) is 25.4 Å². The van der Waals surface area contributed by atoms with Gasteiger partial charge in [0.2, 0.25) is 0 Å². The minimum atomic E-state index is 0.504. The predicted molar refractivity (Wildman–Crippen MR) is 87.1 cm³/mol. The highest BCUT2D eigenvalue weighted by Gasteiger charge is 2.14. The van der Waals surface area contributed by atoms with Crippen LogP contribution in [0.25, 0.3) is 0 Å². The molecule has 0 aliphatic carbocycles. The molecule has 0 amide bonds. The fourth-order valence-electron chi connectivity index (χ4n) is 2.75. The van der Waals surface area contributed by atoms with E-state index in [9.17, 15) is 0 Å². The molecule has 1 saturated heterocycles. The smallest absolute Gasteiger partial charge is 0.119 e. The van der Waals surface area contributed by atoms with E-state index in [-0.39, 0.29) is 0 Å². The van der Waals surface area contributed by atoms with Crippen molar-refractivity contribution in [1.29, 1.82) is 0 Å². The Balaban J connectivity index is 1.60. The summed E-state index contributed by atoms with van der Waals surface area (Å²) in [5.41, 5.74) is 2.41. The lowest BCUT2D eigenvalue weighted by Crippen LogP contribution is -2.28. The average molecular weight is 302 g/mol. The van der Waals surface area contributed by atoms with E-state index in [0.29, 0.717) is 12.5 Å². The Labute approximate surface area is 131 Å². The molecule has 1 aliphatic heterocycles. The molecular weight excluding hydrogens is 282 g/mol. The summed E-state index contributed by atoms with van der Waals surface area (Å²) in [6, 6.07) is 16.3. The number of hydrogen-bond donors (Lipinski definition) is 1. The highest BCUT2D eigenvalue weighted by Crippen LogP contribution is 2.25. The van der Waals surface area contributed by atoms with Crippen LogP contribution in [0.15, 0.2) is 48.5 Å². The molecule has 0 aromatic heterocycles. The van der Waals surface area contributed by atoms with E-state index >= 15 is 0 Å². The van der Waals surface area contributed by atoms with Gasteiger partial charge in [0.05, 0.1) is 0 Å². The Bertz CT molecular complexity index is 576. The molecule has 2 aromatic rings. The first kappa shape index (κ1) is 14.4. The SMILES string of the molecule is Clc1ccccc1COc1ccc(C2CCCNC2)cc1. The third-order valence-corrected chi connectivity index (χ3v) is 4.37. The molecule has 1 heterocycles. The van der Waals surface area contributed by atoms with Crippen LogP contribution in [0, 0.1) is 0 Å². The Kier molecular flexibility index (Phi) is 4.79.